The van der Waals surface area contributed by atoms with Gasteiger partial charge in [0.1, 0.15) is 0 Å². The topological polar surface area (TPSA) is 49.7 Å². The molecule has 0 heterocycles. The summed E-state index contributed by atoms with van der Waals surface area (Å²) >= 11 is 0. The average Bonchev–Trinajstić information content (AvgIpc) is 2.66. The van der Waals surface area contributed by atoms with E-state index < -0.39 is 5.60 Å². The minimum atomic E-state index is -0.765. The van der Waals surface area contributed by atoms with Gasteiger partial charge in [-0.15, -0.1) is 0 Å². The van der Waals surface area contributed by atoms with E-state index in [4.69, 9.17) is 4.74 Å². The molecule has 0 aromatic carbocycles. The summed E-state index contributed by atoms with van der Waals surface area (Å²) < 4.78 is 5.81. The Kier molecular flexibility index (Phi) is 4.78. The molecule has 3 nitrogen and oxygen atoms in total. The summed E-state index contributed by atoms with van der Waals surface area (Å²) in [5, 5.41) is 20.1. The molecule has 0 radical (unpaired) electrons. The highest BCUT2D eigenvalue weighted by molar-refractivity contribution is 5.04. The summed E-state index contributed by atoms with van der Waals surface area (Å²) in [6.45, 7) is 11.6. The fourth-order valence-electron chi connectivity index (χ4n) is 5.10. The first-order chi connectivity index (χ1) is 9.56. The zero-order chi connectivity index (χ0) is 15.9. The van der Waals surface area contributed by atoms with Crippen molar-refractivity contribution in [1.29, 1.82) is 0 Å². The summed E-state index contributed by atoms with van der Waals surface area (Å²) in [4.78, 5) is 0. The Labute approximate surface area is 130 Å². The van der Waals surface area contributed by atoms with Gasteiger partial charge in [-0.25, -0.2) is 0 Å². The molecule has 0 aromatic rings. The van der Waals surface area contributed by atoms with E-state index in [1.807, 2.05) is 0 Å². The van der Waals surface area contributed by atoms with Gasteiger partial charge in [-0.3, -0.25) is 0 Å². The highest BCUT2D eigenvalue weighted by Gasteiger charge is 2.55. The molecule has 124 valence electrons. The minimum Gasteiger partial charge on any atom is -0.393 e. The van der Waals surface area contributed by atoms with Gasteiger partial charge in [-0.1, -0.05) is 27.2 Å². The third-order valence-electron chi connectivity index (χ3n) is 5.96. The average molecular weight is 298 g/mol. The summed E-state index contributed by atoms with van der Waals surface area (Å²) in [5.41, 5.74) is -0.426. The second-order valence-corrected chi connectivity index (χ2v) is 9.00. The van der Waals surface area contributed by atoms with Crippen LogP contribution in [0.5, 0.6) is 0 Å². The van der Waals surface area contributed by atoms with Crippen molar-refractivity contribution in [2.45, 2.75) is 78.4 Å². The highest BCUT2D eigenvalue weighted by atomic mass is 16.5. The number of hydrogen-bond donors (Lipinski definition) is 2. The molecule has 0 bridgehead atoms. The number of rotatable bonds is 5. The molecule has 2 aliphatic rings. The fourth-order valence-corrected chi connectivity index (χ4v) is 5.10. The van der Waals surface area contributed by atoms with Crippen molar-refractivity contribution in [3.05, 3.63) is 0 Å². The molecular formula is C18H34O3. The van der Waals surface area contributed by atoms with Crippen molar-refractivity contribution >= 4 is 0 Å². The van der Waals surface area contributed by atoms with E-state index >= 15 is 0 Å². The van der Waals surface area contributed by atoms with Crippen molar-refractivity contribution < 1.29 is 14.9 Å². The van der Waals surface area contributed by atoms with Gasteiger partial charge in [0, 0.05) is 0 Å². The lowest BCUT2D eigenvalue weighted by Crippen LogP contribution is -2.45. The lowest BCUT2D eigenvalue weighted by Gasteiger charge is -2.48. The predicted molar refractivity (Wildman–Crippen MR) is 85.1 cm³/mol. The van der Waals surface area contributed by atoms with Crippen molar-refractivity contribution in [2.75, 3.05) is 13.2 Å². The molecule has 2 aliphatic carbocycles. The van der Waals surface area contributed by atoms with Gasteiger partial charge >= 0.3 is 0 Å². The molecule has 2 saturated carbocycles. The number of hydrogen-bond acceptors (Lipinski definition) is 3. The Balaban J connectivity index is 2.02. The molecule has 2 N–H and O–H groups in total. The van der Waals surface area contributed by atoms with E-state index in [9.17, 15) is 10.2 Å². The van der Waals surface area contributed by atoms with Gasteiger partial charge in [-0.05, 0) is 62.2 Å². The highest BCUT2D eigenvalue weighted by Crippen LogP contribution is 2.60. The van der Waals surface area contributed by atoms with E-state index in [2.05, 4.69) is 20.8 Å². The maximum Gasteiger partial charge on any atom is 0.0824 e. The first kappa shape index (κ1) is 17.2. The smallest absolute Gasteiger partial charge is 0.0824 e. The Bertz CT molecular complexity index is 358. The maximum atomic E-state index is 10.3. The Morgan fingerprint density at radius 2 is 1.76 bits per heavy atom. The third-order valence-corrected chi connectivity index (χ3v) is 5.96. The zero-order valence-corrected chi connectivity index (χ0v) is 14.5. The van der Waals surface area contributed by atoms with E-state index in [-0.39, 0.29) is 16.9 Å². The molecule has 0 saturated heterocycles. The quantitative estimate of drug-likeness (QED) is 0.818. The van der Waals surface area contributed by atoms with Crippen molar-refractivity contribution in [3.8, 4) is 0 Å². The maximum absolute atomic E-state index is 10.3. The Morgan fingerprint density at radius 1 is 1.10 bits per heavy atom. The minimum absolute atomic E-state index is 0.0891. The third kappa shape index (κ3) is 3.62. The van der Waals surface area contributed by atoms with Gasteiger partial charge in [0.15, 0.2) is 0 Å². The van der Waals surface area contributed by atoms with Crippen LogP contribution in [0.15, 0.2) is 0 Å². The molecule has 3 heteroatoms. The fraction of sp³-hybridized carbons (Fsp3) is 1.00. The first-order valence-corrected chi connectivity index (χ1v) is 8.54. The van der Waals surface area contributed by atoms with Crippen LogP contribution in [-0.4, -0.2) is 35.1 Å². The van der Waals surface area contributed by atoms with Crippen LogP contribution in [0.3, 0.4) is 0 Å². The largest absolute Gasteiger partial charge is 0.393 e. The van der Waals surface area contributed by atoms with E-state index in [1.165, 1.54) is 12.8 Å². The van der Waals surface area contributed by atoms with E-state index in [0.717, 1.165) is 19.3 Å². The summed E-state index contributed by atoms with van der Waals surface area (Å²) in [6, 6.07) is 0. The van der Waals surface area contributed by atoms with E-state index in [1.54, 1.807) is 13.8 Å². The predicted octanol–water partition coefficient (Wildman–Crippen LogP) is 3.38. The van der Waals surface area contributed by atoms with Gasteiger partial charge < -0.3 is 14.9 Å². The van der Waals surface area contributed by atoms with E-state index in [0.29, 0.717) is 25.0 Å². The first-order valence-electron chi connectivity index (χ1n) is 8.54. The summed E-state index contributed by atoms with van der Waals surface area (Å²) in [5.74, 6) is 1.05. The molecule has 0 aromatic heterocycles. The lowest BCUT2D eigenvalue weighted by molar-refractivity contribution is -0.0853. The van der Waals surface area contributed by atoms with Crippen LogP contribution in [-0.2, 0) is 4.74 Å². The van der Waals surface area contributed by atoms with Gasteiger partial charge in [-0.2, -0.15) is 0 Å². The Morgan fingerprint density at radius 3 is 2.38 bits per heavy atom. The second kappa shape index (κ2) is 5.82. The molecule has 0 amide bonds. The van der Waals surface area contributed by atoms with Gasteiger partial charge in [0.05, 0.1) is 24.9 Å². The second-order valence-electron chi connectivity index (χ2n) is 9.00. The van der Waals surface area contributed by atoms with Crippen LogP contribution in [0.25, 0.3) is 0 Å². The molecule has 2 fully saturated rings. The molecule has 21 heavy (non-hydrogen) atoms. The zero-order valence-electron chi connectivity index (χ0n) is 14.5. The summed E-state index contributed by atoms with van der Waals surface area (Å²) in [6.07, 6.45) is 5.58. The van der Waals surface area contributed by atoms with Crippen LogP contribution < -0.4 is 0 Å². The molecule has 4 atom stereocenters. The summed E-state index contributed by atoms with van der Waals surface area (Å²) in [7, 11) is 0. The monoisotopic (exact) mass is 298 g/mol. The number of aliphatic hydroxyl groups excluding tert-OH is 1. The molecular weight excluding hydrogens is 264 g/mol. The van der Waals surface area contributed by atoms with Crippen LogP contribution in [0.2, 0.25) is 0 Å². The van der Waals surface area contributed by atoms with Crippen molar-refractivity contribution in [3.63, 3.8) is 0 Å². The SMILES string of the molecule is CC(C)(O)COCC(C)(C)C1CCC2C(O)CCCC21C. The van der Waals surface area contributed by atoms with Crippen LogP contribution in [0, 0.1) is 22.7 Å². The number of fused-ring (bicyclic) bond motifs is 1. The van der Waals surface area contributed by atoms with Crippen LogP contribution >= 0.6 is 0 Å². The standard InChI is InChI=1S/C18H34O3/c1-16(2,11-21-12-17(3,4)20)15-9-8-13-14(19)7-6-10-18(13,15)5/h13-15,19-20H,6-12H2,1-5H3. The normalized spacial score (nSPS) is 37.6. The number of ether oxygens (including phenoxy) is 1. The molecule has 4 unspecified atom stereocenters. The van der Waals surface area contributed by atoms with Crippen LogP contribution in [0.4, 0.5) is 0 Å². The van der Waals surface area contributed by atoms with Gasteiger partial charge in [0.2, 0.25) is 0 Å². The molecule has 2 rings (SSSR count). The van der Waals surface area contributed by atoms with Crippen LogP contribution in [0.1, 0.15) is 66.7 Å². The molecule has 0 aliphatic heterocycles. The Hall–Kier alpha value is -0.120. The van der Waals surface area contributed by atoms with Crippen molar-refractivity contribution in [2.24, 2.45) is 22.7 Å². The molecule has 0 spiro atoms. The number of aliphatic hydroxyl groups is 2. The van der Waals surface area contributed by atoms with Crippen molar-refractivity contribution in [1.82, 2.24) is 0 Å². The lowest BCUT2D eigenvalue weighted by atomic mass is 9.58. The van der Waals surface area contributed by atoms with Gasteiger partial charge in [0.25, 0.3) is 0 Å².